The first kappa shape index (κ1) is 16.8. The molecule has 26 heavy (non-hydrogen) atoms. The molecule has 0 spiro atoms. The lowest BCUT2D eigenvalue weighted by Crippen LogP contribution is -2.40. The minimum atomic E-state index is -0.475. The normalized spacial score (nSPS) is 24.8. The number of amides is 2. The molecule has 134 valence electrons. The molecular weight excluding hydrogens is 328 g/mol. The van der Waals surface area contributed by atoms with Gasteiger partial charge in [-0.15, -0.1) is 0 Å². The number of carbonyl (C=O) groups excluding carboxylic acids is 2. The molecule has 2 aromatic carbocycles. The van der Waals surface area contributed by atoms with E-state index < -0.39 is 6.10 Å². The summed E-state index contributed by atoms with van der Waals surface area (Å²) in [6.07, 6.45) is -0.475. The van der Waals surface area contributed by atoms with Crippen LogP contribution in [0, 0.1) is 5.92 Å². The van der Waals surface area contributed by atoms with Gasteiger partial charge in [0.1, 0.15) is 6.10 Å². The summed E-state index contributed by atoms with van der Waals surface area (Å²) >= 11 is 0. The Morgan fingerprint density at radius 1 is 1.04 bits per heavy atom. The van der Waals surface area contributed by atoms with Gasteiger partial charge in [0.05, 0.1) is 6.04 Å². The van der Waals surface area contributed by atoms with Gasteiger partial charge in [0.15, 0.2) is 0 Å². The summed E-state index contributed by atoms with van der Waals surface area (Å²) in [7, 11) is 1.58. The summed E-state index contributed by atoms with van der Waals surface area (Å²) in [4.78, 5) is 29.3. The van der Waals surface area contributed by atoms with Crippen LogP contribution in [-0.4, -0.2) is 54.0 Å². The van der Waals surface area contributed by atoms with Crippen molar-refractivity contribution >= 4 is 11.8 Å². The number of hydrogen-bond donors (Lipinski definition) is 0. The lowest BCUT2D eigenvalue weighted by atomic mass is 10.0. The first-order valence-electron chi connectivity index (χ1n) is 8.90. The lowest BCUT2D eigenvalue weighted by molar-refractivity contribution is -0.138. The van der Waals surface area contributed by atoms with Crippen LogP contribution in [0.3, 0.4) is 0 Å². The highest BCUT2D eigenvalue weighted by atomic mass is 16.5. The van der Waals surface area contributed by atoms with E-state index in [2.05, 4.69) is 0 Å². The number of nitrogens with zero attached hydrogens (tertiary/aromatic N) is 2. The molecule has 0 radical (unpaired) electrons. The molecule has 2 amide bonds. The number of rotatable bonds is 4. The van der Waals surface area contributed by atoms with Gasteiger partial charge in [-0.2, -0.15) is 0 Å². The fourth-order valence-electron chi connectivity index (χ4n) is 4.13. The zero-order chi connectivity index (χ0) is 18.1. The van der Waals surface area contributed by atoms with Gasteiger partial charge < -0.3 is 14.5 Å². The predicted octanol–water partition coefficient (Wildman–Crippen LogP) is 2.18. The summed E-state index contributed by atoms with van der Waals surface area (Å²) in [6, 6.07) is 19.2. The highest BCUT2D eigenvalue weighted by Gasteiger charge is 2.53. The average molecular weight is 350 g/mol. The summed E-state index contributed by atoms with van der Waals surface area (Å²) in [5, 5.41) is 0. The van der Waals surface area contributed by atoms with Crippen molar-refractivity contribution in [1.82, 2.24) is 9.80 Å². The van der Waals surface area contributed by atoms with Crippen LogP contribution in [-0.2, 0) is 16.1 Å². The smallest absolute Gasteiger partial charge is 0.253 e. The number of hydrogen-bond acceptors (Lipinski definition) is 3. The fourth-order valence-corrected chi connectivity index (χ4v) is 4.13. The maximum Gasteiger partial charge on any atom is 0.253 e. The molecule has 0 N–H and O–H groups in total. The van der Waals surface area contributed by atoms with Crippen LogP contribution in [0.5, 0.6) is 0 Å². The zero-order valence-corrected chi connectivity index (χ0v) is 14.7. The molecule has 3 atom stereocenters. The second-order valence-electron chi connectivity index (χ2n) is 6.92. The van der Waals surface area contributed by atoms with Crippen LogP contribution in [0.4, 0.5) is 0 Å². The molecule has 0 saturated carbocycles. The number of methoxy groups -OCH3 is 1. The molecular formula is C21H22N2O3. The molecule has 4 rings (SSSR count). The number of fused-ring (bicyclic) bond motifs is 1. The number of benzene rings is 2. The Bertz CT molecular complexity index is 793. The first-order chi connectivity index (χ1) is 12.7. The van der Waals surface area contributed by atoms with Crippen molar-refractivity contribution in [3.63, 3.8) is 0 Å². The highest BCUT2D eigenvalue weighted by Crippen LogP contribution is 2.35. The van der Waals surface area contributed by atoms with Crippen LogP contribution >= 0.6 is 0 Å². The number of ether oxygens (including phenoxy) is 1. The maximum atomic E-state index is 12.8. The van der Waals surface area contributed by atoms with Crippen LogP contribution in [0.2, 0.25) is 0 Å². The molecule has 2 aliphatic heterocycles. The summed E-state index contributed by atoms with van der Waals surface area (Å²) in [6.45, 7) is 1.65. The Morgan fingerprint density at radius 3 is 2.35 bits per heavy atom. The number of carbonyl (C=O) groups is 2. The molecule has 5 nitrogen and oxygen atoms in total. The van der Waals surface area contributed by atoms with Gasteiger partial charge >= 0.3 is 0 Å². The monoisotopic (exact) mass is 350 g/mol. The van der Waals surface area contributed by atoms with Crippen molar-refractivity contribution < 1.29 is 14.3 Å². The van der Waals surface area contributed by atoms with Crippen LogP contribution < -0.4 is 0 Å². The quantitative estimate of drug-likeness (QED) is 0.849. The van der Waals surface area contributed by atoms with Gasteiger partial charge in [-0.1, -0.05) is 48.5 Å². The van der Waals surface area contributed by atoms with E-state index >= 15 is 0 Å². The SMILES string of the molecule is CO[C@@H]1C(=O)N(Cc2ccccc2)[C@@H]2CN(C(=O)c3ccccc3)C[C@H]12. The van der Waals surface area contributed by atoms with E-state index in [0.29, 0.717) is 25.2 Å². The third kappa shape index (κ3) is 2.88. The maximum absolute atomic E-state index is 12.8. The van der Waals surface area contributed by atoms with Crippen molar-refractivity contribution in [2.45, 2.75) is 18.7 Å². The minimum Gasteiger partial charge on any atom is -0.371 e. The van der Waals surface area contributed by atoms with Crippen molar-refractivity contribution in [2.24, 2.45) is 5.92 Å². The van der Waals surface area contributed by atoms with Gasteiger partial charge in [-0.25, -0.2) is 0 Å². The van der Waals surface area contributed by atoms with Crippen molar-refractivity contribution in [2.75, 3.05) is 20.2 Å². The summed E-state index contributed by atoms with van der Waals surface area (Å²) in [5.41, 5.74) is 1.77. The molecule has 2 aromatic rings. The largest absolute Gasteiger partial charge is 0.371 e. The van der Waals surface area contributed by atoms with Gasteiger partial charge in [0.25, 0.3) is 11.8 Å². The number of likely N-dealkylation sites (tertiary alicyclic amines) is 2. The first-order valence-corrected chi connectivity index (χ1v) is 8.90. The van der Waals surface area contributed by atoms with E-state index in [1.165, 1.54) is 0 Å². The van der Waals surface area contributed by atoms with Gasteiger partial charge in [0, 0.05) is 38.2 Å². The standard InChI is InChI=1S/C21H22N2O3/c1-26-19-17-13-22(20(24)16-10-6-3-7-11-16)14-18(17)23(21(19)25)12-15-8-4-2-5-9-15/h2-11,17-19H,12-14H2,1H3/t17-,18+,19-/m0/s1. The topological polar surface area (TPSA) is 49.9 Å². The second kappa shape index (κ2) is 6.92. The Labute approximate surface area is 153 Å². The Kier molecular flexibility index (Phi) is 4.47. The molecule has 0 aromatic heterocycles. The van der Waals surface area contributed by atoms with Crippen LogP contribution in [0.15, 0.2) is 60.7 Å². The van der Waals surface area contributed by atoms with E-state index in [-0.39, 0.29) is 23.8 Å². The zero-order valence-electron chi connectivity index (χ0n) is 14.7. The molecule has 0 aliphatic carbocycles. The van der Waals surface area contributed by atoms with Crippen molar-refractivity contribution in [1.29, 1.82) is 0 Å². The van der Waals surface area contributed by atoms with Crippen LogP contribution in [0.1, 0.15) is 15.9 Å². The molecule has 0 bridgehead atoms. The van der Waals surface area contributed by atoms with Gasteiger partial charge in [-0.3, -0.25) is 9.59 Å². The summed E-state index contributed by atoms with van der Waals surface area (Å²) < 4.78 is 5.51. The molecule has 2 saturated heterocycles. The third-order valence-electron chi connectivity index (χ3n) is 5.41. The van der Waals surface area contributed by atoms with Crippen molar-refractivity contribution in [3.8, 4) is 0 Å². The summed E-state index contributed by atoms with van der Waals surface area (Å²) in [5.74, 6) is 0.0593. The molecule has 2 aliphatic rings. The third-order valence-corrected chi connectivity index (χ3v) is 5.41. The highest BCUT2D eigenvalue weighted by molar-refractivity contribution is 5.95. The Morgan fingerprint density at radius 2 is 1.69 bits per heavy atom. The lowest BCUT2D eigenvalue weighted by Gasteiger charge is -2.25. The Balaban J connectivity index is 1.55. The predicted molar refractivity (Wildman–Crippen MR) is 97.4 cm³/mol. The molecule has 5 heteroatoms. The fraction of sp³-hybridized carbons (Fsp3) is 0.333. The van der Waals surface area contributed by atoms with Gasteiger partial charge in [-0.05, 0) is 17.7 Å². The van der Waals surface area contributed by atoms with E-state index in [4.69, 9.17) is 4.74 Å². The van der Waals surface area contributed by atoms with Gasteiger partial charge in [0.2, 0.25) is 0 Å². The average Bonchev–Trinajstić information content (AvgIpc) is 3.21. The Hall–Kier alpha value is -2.66. The molecule has 2 fully saturated rings. The van der Waals surface area contributed by atoms with E-state index in [9.17, 15) is 9.59 Å². The molecule has 0 unspecified atom stereocenters. The van der Waals surface area contributed by atoms with Crippen LogP contribution in [0.25, 0.3) is 0 Å². The second-order valence-corrected chi connectivity index (χ2v) is 6.92. The van der Waals surface area contributed by atoms with Crippen molar-refractivity contribution in [3.05, 3.63) is 71.8 Å². The van der Waals surface area contributed by atoms with E-state index in [1.807, 2.05) is 70.5 Å². The van der Waals surface area contributed by atoms with E-state index in [0.717, 1.165) is 5.56 Å². The molecule has 2 heterocycles. The van der Waals surface area contributed by atoms with E-state index in [1.54, 1.807) is 7.11 Å². The minimum absolute atomic E-state index is 0.000295.